The molecule has 2 aromatic rings. The zero-order valence-electron chi connectivity index (χ0n) is 10.7. The van der Waals surface area contributed by atoms with Crippen LogP contribution in [-0.4, -0.2) is 11.6 Å². The van der Waals surface area contributed by atoms with Crippen molar-refractivity contribution in [3.05, 3.63) is 68.3 Å². The second-order valence-corrected chi connectivity index (χ2v) is 5.78. The zero-order valence-corrected chi connectivity index (χ0v) is 13.6. The first-order chi connectivity index (χ1) is 9.58. The summed E-state index contributed by atoms with van der Waals surface area (Å²) in [5.41, 5.74) is 4.63. The summed E-state index contributed by atoms with van der Waals surface area (Å²) in [7, 11) is 0. The summed E-state index contributed by atoms with van der Waals surface area (Å²) in [5.74, 6) is -0.319. The summed E-state index contributed by atoms with van der Waals surface area (Å²) >= 11 is 8.20. The largest absolute Gasteiger partial charge is 0.272 e. The van der Waals surface area contributed by atoms with Gasteiger partial charge in [0, 0.05) is 3.57 Å². The molecule has 102 valence electrons. The Bertz CT molecular complexity index is 653. The van der Waals surface area contributed by atoms with Crippen LogP contribution in [0.15, 0.2) is 53.6 Å². The van der Waals surface area contributed by atoms with Crippen LogP contribution in [0.3, 0.4) is 0 Å². The Morgan fingerprint density at radius 1 is 1.15 bits per heavy atom. The third-order valence-corrected chi connectivity index (χ3v) is 3.75. The van der Waals surface area contributed by atoms with Gasteiger partial charge in [0.15, 0.2) is 0 Å². The first-order valence-corrected chi connectivity index (χ1v) is 7.38. The van der Waals surface area contributed by atoms with Gasteiger partial charge in [-0.05, 0) is 59.3 Å². The number of benzene rings is 2. The van der Waals surface area contributed by atoms with Gasteiger partial charge in [0.2, 0.25) is 0 Å². The van der Waals surface area contributed by atoms with Crippen molar-refractivity contribution < 1.29 is 4.79 Å². The van der Waals surface area contributed by atoms with Crippen LogP contribution in [0.25, 0.3) is 0 Å². The maximum Gasteiger partial charge on any atom is 0.272 e. The van der Waals surface area contributed by atoms with Gasteiger partial charge >= 0.3 is 0 Å². The lowest BCUT2D eigenvalue weighted by atomic mass is 10.1. The van der Waals surface area contributed by atoms with Crippen molar-refractivity contribution >= 4 is 45.8 Å². The molecule has 0 saturated carbocycles. The number of nitrogens with one attached hydrogen (secondary N) is 1. The van der Waals surface area contributed by atoms with E-state index < -0.39 is 0 Å². The summed E-state index contributed by atoms with van der Waals surface area (Å²) in [6, 6.07) is 14.8. The fourth-order valence-electron chi connectivity index (χ4n) is 1.60. The number of carbonyl (C=O) groups excluding carboxylic acids is 1. The van der Waals surface area contributed by atoms with Crippen molar-refractivity contribution in [3.63, 3.8) is 0 Å². The van der Waals surface area contributed by atoms with Crippen LogP contribution in [0.2, 0.25) is 5.02 Å². The molecular formula is C15H12ClIN2O. The van der Waals surface area contributed by atoms with Crippen LogP contribution in [0, 0.1) is 3.57 Å². The predicted molar refractivity (Wildman–Crippen MR) is 90.3 cm³/mol. The molecule has 0 heterocycles. The van der Waals surface area contributed by atoms with E-state index in [4.69, 9.17) is 11.6 Å². The minimum Gasteiger partial charge on any atom is -0.267 e. The maximum absolute atomic E-state index is 12.0. The maximum atomic E-state index is 12.0. The van der Waals surface area contributed by atoms with Gasteiger partial charge in [0.05, 0.1) is 16.3 Å². The van der Waals surface area contributed by atoms with Gasteiger partial charge < -0.3 is 0 Å². The van der Waals surface area contributed by atoms with Crippen molar-refractivity contribution in [2.75, 3.05) is 0 Å². The number of halogens is 2. The van der Waals surface area contributed by atoms with Gasteiger partial charge in [-0.25, -0.2) is 5.43 Å². The molecule has 0 aliphatic carbocycles. The summed E-state index contributed by atoms with van der Waals surface area (Å²) in [5, 5.41) is 4.51. The van der Waals surface area contributed by atoms with E-state index in [1.54, 1.807) is 24.3 Å². The number of nitrogens with zero attached hydrogens (tertiary/aromatic N) is 1. The fraction of sp³-hybridized carbons (Fsp3) is 0.0667. The third kappa shape index (κ3) is 3.80. The highest BCUT2D eigenvalue weighted by molar-refractivity contribution is 14.1. The molecule has 0 spiro atoms. The van der Waals surface area contributed by atoms with Crippen molar-refractivity contribution in [2.24, 2.45) is 5.10 Å². The molecule has 2 rings (SSSR count). The van der Waals surface area contributed by atoms with Crippen molar-refractivity contribution in [3.8, 4) is 0 Å². The normalized spacial score (nSPS) is 11.2. The average Bonchev–Trinajstić information content (AvgIpc) is 2.45. The smallest absolute Gasteiger partial charge is 0.267 e. The molecule has 0 unspecified atom stereocenters. The lowest BCUT2D eigenvalue weighted by Gasteiger charge is -2.04. The average molecular weight is 399 g/mol. The molecule has 2 aromatic carbocycles. The Morgan fingerprint density at radius 3 is 2.45 bits per heavy atom. The molecule has 0 atom stereocenters. The van der Waals surface area contributed by atoms with Crippen molar-refractivity contribution in [2.45, 2.75) is 6.92 Å². The molecule has 1 amide bonds. The lowest BCUT2D eigenvalue weighted by Crippen LogP contribution is -2.19. The van der Waals surface area contributed by atoms with E-state index in [0.29, 0.717) is 10.6 Å². The van der Waals surface area contributed by atoms with Gasteiger partial charge in [-0.2, -0.15) is 5.10 Å². The lowest BCUT2D eigenvalue weighted by molar-refractivity contribution is 0.0955. The fourth-order valence-corrected chi connectivity index (χ4v) is 2.18. The topological polar surface area (TPSA) is 41.5 Å². The van der Waals surface area contributed by atoms with Gasteiger partial charge in [-0.3, -0.25) is 4.79 Å². The van der Waals surface area contributed by atoms with E-state index in [0.717, 1.165) is 14.8 Å². The molecule has 5 heteroatoms. The summed E-state index contributed by atoms with van der Waals surface area (Å²) in [6.07, 6.45) is 0. The standard InChI is InChI=1S/C15H12ClIN2O/c1-10(11-6-8-12(17)9-7-11)18-19-15(20)13-4-2-3-5-14(13)16/h2-9H,1H3,(H,19,20)/b18-10-. The number of hydrazone groups is 1. The third-order valence-electron chi connectivity index (χ3n) is 2.71. The van der Waals surface area contributed by atoms with E-state index in [2.05, 4.69) is 33.1 Å². The molecule has 0 aliphatic heterocycles. The molecule has 0 radical (unpaired) electrons. The van der Waals surface area contributed by atoms with E-state index in [9.17, 15) is 4.79 Å². The van der Waals surface area contributed by atoms with Crippen LogP contribution >= 0.6 is 34.2 Å². The molecular weight excluding hydrogens is 387 g/mol. The molecule has 0 bridgehead atoms. The first-order valence-electron chi connectivity index (χ1n) is 5.93. The van der Waals surface area contributed by atoms with Crippen LogP contribution in [-0.2, 0) is 0 Å². The second kappa shape index (κ2) is 6.85. The Kier molecular flexibility index (Phi) is 5.14. The van der Waals surface area contributed by atoms with Gasteiger partial charge in [-0.1, -0.05) is 35.9 Å². The summed E-state index contributed by atoms with van der Waals surface area (Å²) in [6.45, 7) is 1.84. The molecule has 20 heavy (non-hydrogen) atoms. The Balaban J connectivity index is 2.11. The van der Waals surface area contributed by atoms with Gasteiger partial charge in [-0.15, -0.1) is 0 Å². The highest BCUT2D eigenvalue weighted by Crippen LogP contribution is 2.14. The van der Waals surface area contributed by atoms with Crippen molar-refractivity contribution in [1.29, 1.82) is 0 Å². The van der Waals surface area contributed by atoms with E-state index in [-0.39, 0.29) is 5.91 Å². The second-order valence-electron chi connectivity index (χ2n) is 4.12. The quantitative estimate of drug-likeness (QED) is 0.472. The summed E-state index contributed by atoms with van der Waals surface area (Å²) < 4.78 is 1.15. The van der Waals surface area contributed by atoms with Crippen molar-refractivity contribution in [1.82, 2.24) is 5.43 Å². The molecule has 1 N–H and O–H groups in total. The van der Waals surface area contributed by atoms with Crippen LogP contribution in [0.4, 0.5) is 0 Å². The molecule has 0 fully saturated rings. The van der Waals surface area contributed by atoms with Gasteiger partial charge in [0.25, 0.3) is 5.91 Å². The minimum absolute atomic E-state index is 0.319. The molecule has 0 aliphatic rings. The van der Waals surface area contributed by atoms with E-state index in [1.165, 1.54) is 0 Å². The van der Waals surface area contributed by atoms with Crippen LogP contribution in [0.5, 0.6) is 0 Å². The first kappa shape index (κ1) is 15.0. The number of amides is 1. The number of hydrogen-bond donors (Lipinski definition) is 1. The molecule has 3 nitrogen and oxygen atoms in total. The monoisotopic (exact) mass is 398 g/mol. The number of hydrogen-bond acceptors (Lipinski definition) is 2. The zero-order chi connectivity index (χ0) is 14.5. The Labute approximate surface area is 136 Å². The molecule has 0 saturated heterocycles. The predicted octanol–water partition coefficient (Wildman–Crippen LogP) is 4.10. The summed E-state index contributed by atoms with van der Waals surface area (Å²) in [4.78, 5) is 12.0. The molecule has 0 aromatic heterocycles. The number of rotatable bonds is 3. The van der Waals surface area contributed by atoms with Crippen LogP contribution < -0.4 is 5.43 Å². The van der Waals surface area contributed by atoms with E-state index in [1.807, 2.05) is 31.2 Å². The van der Waals surface area contributed by atoms with Crippen LogP contribution in [0.1, 0.15) is 22.8 Å². The number of carbonyl (C=O) groups is 1. The minimum atomic E-state index is -0.319. The highest BCUT2D eigenvalue weighted by Gasteiger charge is 2.08. The van der Waals surface area contributed by atoms with Gasteiger partial charge in [0.1, 0.15) is 0 Å². The Hall–Kier alpha value is -1.40. The highest BCUT2D eigenvalue weighted by atomic mass is 127. The van der Waals surface area contributed by atoms with E-state index >= 15 is 0 Å². The SMILES string of the molecule is C/C(=N/NC(=O)c1ccccc1Cl)c1ccc(I)cc1. The Morgan fingerprint density at radius 2 is 1.80 bits per heavy atom.